The van der Waals surface area contributed by atoms with Crippen LogP contribution in [0.2, 0.25) is 0 Å². The van der Waals surface area contributed by atoms with Crippen molar-refractivity contribution in [3.63, 3.8) is 0 Å². The monoisotopic (exact) mass is 298 g/mol. The maximum Gasteiger partial charge on any atom is 0.177 e. The lowest BCUT2D eigenvalue weighted by molar-refractivity contribution is -0.139. The number of rotatable bonds is 5. The molecule has 1 aliphatic heterocycles. The molecule has 0 N–H and O–H groups in total. The molecular formula is C10H19IO2. The lowest BCUT2D eigenvalue weighted by Crippen LogP contribution is -2.36. The van der Waals surface area contributed by atoms with Gasteiger partial charge in [0, 0.05) is 0 Å². The summed E-state index contributed by atoms with van der Waals surface area (Å²) in [6.07, 6.45) is 5.08. The summed E-state index contributed by atoms with van der Waals surface area (Å²) in [6.45, 7) is 5.79. The Morgan fingerprint density at radius 1 is 1.31 bits per heavy atom. The minimum absolute atomic E-state index is 0.311. The van der Waals surface area contributed by atoms with Crippen LogP contribution in [-0.2, 0) is 9.47 Å². The largest absolute Gasteiger partial charge is 0.347 e. The zero-order valence-electron chi connectivity index (χ0n) is 8.51. The summed E-state index contributed by atoms with van der Waals surface area (Å²) in [6, 6.07) is 0. The predicted molar refractivity (Wildman–Crippen MR) is 62.3 cm³/mol. The van der Waals surface area contributed by atoms with Crippen LogP contribution in [0, 0.1) is 0 Å². The summed E-state index contributed by atoms with van der Waals surface area (Å²) in [5.41, 5.74) is 0. The summed E-state index contributed by atoms with van der Waals surface area (Å²) in [4.78, 5) is 0. The van der Waals surface area contributed by atoms with Gasteiger partial charge in [-0.1, -0.05) is 48.8 Å². The van der Waals surface area contributed by atoms with Crippen molar-refractivity contribution in [2.75, 3.05) is 13.2 Å². The standard InChI is InChI=1S/C10H19IO2/c1-3-4-5-6-9(11)10(2)12-7-8-13-10/h9H,3-8H2,1-2H3. The molecule has 0 bridgehead atoms. The number of alkyl halides is 1. The van der Waals surface area contributed by atoms with E-state index >= 15 is 0 Å². The van der Waals surface area contributed by atoms with Crippen LogP contribution in [0.25, 0.3) is 0 Å². The molecule has 1 heterocycles. The fraction of sp³-hybridized carbons (Fsp3) is 1.00. The second kappa shape index (κ2) is 5.51. The van der Waals surface area contributed by atoms with Crippen LogP contribution in [0.5, 0.6) is 0 Å². The van der Waals surface area contributed by atoms with E-state index in [9.17, 15) is 0 Å². The molecule has 0 aliphatic carbocycles. The lowest BCUT2D eigenvalue weighted by atomic mass is 10.1. The molecule has 2 nitrogen and oxygen atoms in total. The van der Waals surface area contributed by atoms with Gasteiger partial charge in [0.05, 0.1) is 17.1 Å². The van der Waals surface area contributed by atoms with Crippen LogP contribution in [0.3, 0.4) is 0 Å². The highest BCUT2D eigenvalue weighted by molar-refractivity contribution is 14.1. The fourth-order valence-corrected chi connectivity index (χ4v) is 2.35. The molecule has 3 heteroatoms. The van der Waals surface area contributed by atoms with Crippen molar-refractivity contribution in [1.29, 1.82) is 0 Å². The van der Waals surface area contributed by atoms with E-state index in [-0.39, 0.29) is 5.79 Å². The average Bonchev–Trinajstić information content (AvgIpc) is 2.54. The third-order valence-electron chi connectivity index (χ3n) is 2.49. The van der Waals surface area contributed by atoms with Gasteiger partial charge < -0.3 is 9.47 Å². The molecule has 0 aromatic rings. The Morgan fingerprint density at radius 3 is 2.46 bits per heavy atom. The zero-order valence-corrected chi connectivity index (χ0v) is 10.7. The Bertz CT molecular complexity index is 144. The van der Waals surface area contributed by atoms with Crippen LogP contribution < -0.4 is 0 Å². The van der Waals surface area contributed by atoms with E-state index in [1.807, 2.05) is 0 Å². The van der Waals surface area contributed by atoms with E-state index in [0.717, 1.165) is 13.2 Å². The Kier molecular flexibility index (Phi) is 4.97. The summed E-state index contributed by atoms with van der Waals surface area (Å²) in [5.74, 6) is -0.311. The van der Waals surface area contributed by atoms with E-state index in [4.69, 9.17) is 9.47 Å². The Hall–Kier alpha value is 0.650. The third-order valence-corrected chi connectivity index (χ3v) is 4.24. The molecule has 0 aromatic heterocycles. The van der Waals surface area contributed by atoms with E-state index < -0.39 is 0 Å². The van der Waals surface area contributed by atoms with Crippen LogP contribution in [-0.4, -0.2) is 22.9 Å². The quantitative estimate of drug-likeness (QED) is 0.441. The summed E-state index contributed by atoms with van der Waals surface area (Å²) < 4.78 is 11.7. The highest BCUT2D eigenvalue weighted by atomic mass is 127. The van der Waals surface area contributed by atoms with Gasteiger partial charge in [-0.2, -0.15) is 0 Å². The third kappa shape index (κ3) is 3.36. The highest BCUT2D eigenvalue weighted by Gasteiger charge is 2.37. The number of ether oxygens (including phenoxy) is 2. The van der Waals surface area contributed by atoms with Gasteiger partial charge in [0.15, 0.2) is 5.79 Å². The predicted octanol–water partition coefficient (Wildman–Crippen LogP) is 3.13. The molecule has 0 saturated carbocycles. The van der Waals surface area contributed by atoms with Crippen molar-refractivity contribution >= 4 is 22.6 Å². The Labute approximate surface area is 94.5 Å². The Balaban J connectivity index is 2.24. The van der Waals surface area contributed by atoms with Gasteiger partial charge in [0.25, 0.3) is 0 Å². The molecule has 13 heavy (non-hydrogen) atoms. The first-order valence-corrected chi connectivity index (χ1v) is 6.35. The number of hydrogen-bond acceptors (Lipinski definition) is 2. The maximum absolute atomic E-state index is 5.60. The van der Waals surface area contributed by atoms with Gasteiger partial charge in [-0.05, 0) is 13.3 Å². The molecule has 0 radical (unpaired) electrons. The second-order valence-corrected chi connectivity index (χ2v) is 5.18. The van der Waals surface area contributed by atoms with Crippen molar-refractivity contribution < 1.29 is 9.47 Å². The highest BCUT2D eigenvalue weighted by Crippen LogP contribution is 2.31. The smallest absolute Gasteiger partial charge is 0.177 e. The van der Waals surface area contributed by atoms with Crippen molar-refractivity contribution in [3.8, 4) is 0 Å². The molecule has 1 aliphatic rings. The SMILES string of the molecule is CCCCCC(I)C1(C)OCCO1. The fourth-order valence-electron chi connectivity index (χ4n) is 1.55. The summed E-state index contributed by atoms with van der Waals surface area (Å²) in [7, 11) is 0. The zero-order chi connectivity index (χ0) is 9.73. The van der Waals surface area contributed by atoms with Gasteiger partial charge in [-0.3, -0.25) is 0 Å². The lowest BCUT2D eigenvalue weighted by Gasteiger charge is -2.28. The van der Waals surface area contributed by atoms with E-state index in [1.54, 1.807) is 0 Å². The molecule has 1 atom stereocenters. The number of unbranched alkanes of at least 4 members (excludes halogenated alkanes) is 2. The van der Waals surface area contributed by atoms with E-state index in [0.29, 0.717) is 3.92 Å². The number of hydrogen-bond donors (Lipinski definition) is 0. The van der Waals surface area contributed by atoms with E-state index in [2.05, 4.69) is 36.4 Å². The normalized spacial score (nSPS) is 23.3. The molecular weight excluding hydrogens is 279 g/mol. The summed E-state index contributed by atoms with van der Waals surface area (Å²) >= 11 is 2.45. The minimum atomic E-state index is -0.311. The molecule has 1 rings (SSSR count). The molecule has 0 aromatic carbocycles. The van der Waals surface area contributed by atoms with Crippen LogP contribution in [0.4, 0.5) is 0 Å². The molecule has 0 amide bonds. The van der Waals surface area contributed by atoms with Gasteiger partial charge in [-0.15, -0.1) is 0 Å². The first kappa shape index (κ1) is 11.7. The van der Waals surface area contributed by atoms with Gasteiger partial charge in [0.1, 0.15) is 0 Å². The average molecular weight is 298 g/mol. The minimum Gasteiger partial charge on any atom is -0.347 e. The van der Waals surface area contributed by atoms with Gasteiger partial charge >= 0.3 is 0 Å². The van der Waals surface area contributed by atoms with Crippen molar-refractivity contribution in [2.24, 2.45) is 0 Å². The second-order valence-electron chi connectivity index (χ2n) is 3.68. The molecule has 0 spiro atoms. The van der Waals surface area contributed by atoms with Crippen molar-refractivity contribution in [2.45, 2.75) is 49.2 Å². The summed E-state index contributed by atoms with van der Waals surface area (Å²) in [5, 5.41) is 0. The van der Waals surface area contributed by atoms with Crippen molar-refractivity contribution in [1.82, 2.24) is 0 Å². The van der Waals surface area contributed by atoms with Crippen molar-refractivity contribution in [3.05, 3.63) is 0 Å². The van der Waals surface area contributed by atoms with Crippen LogP contribution >= 0.6 is 22.6 Å². The molecule has 1 fully saturated rings. The first-order chi connectivity index (χ1) is 6.19. The van der Waals surface area contributed by atoms with Crippen LogP contribution in [0.15, 0.2) is 0 Å². The molecule has 1 saturated heterocycles. The first-order valence-electron chi connectivity index (χ1n) is 5.11. The van der Waals surface area contributed by atoms with Crippen LogP contribution in [0.1, 0.15) is 39.5 Å². The van der Waals surface area contributed by atoms with Gasteiger partial charge in [-0.25, -0.2) is 0 Å². The topological polar surface area (TPSA) is 18.5 Å². The Morgan fingerprint density at radius 2 is 1.92 bits per heavy atom. The molecule has 1 unspecified atom stereocenters. The maximum atomic E-state index is 5.60. The van der Waals surface area contributed by atoms with E-state index in [1.165, 1.54) is 25.7 Å². The molecule has 78 valence electrons. The van der Waals surface area contributed by atoms with Gasteiger partial charge in [0.2, 0.25) is 0 Å². The number of halogens is 1.